The molecule has 1 spiro atoms. The summed E-state index contributed by atoms with van der Waals surface area (Å²) in [6.45, 7) is 4.53. The number of nitrogens with one attached hydrogen (secondary N) is 2. The first kappa shape index (κ1) is 15.3. The molecule has 0 aromatic carbocycles. The molecule has 0 radical (unpaired) electrons. The first-order valence-electron chi connectivity index (χ1n) is 8.62. The molecule has 0 bridgehead atoms. The van der Waals surface area contributed by atoms with Crippen LogP contribution >= 0.6 is 0 Å². The van der Waals surface area contributed by atoms with Gasteiger partial charge in [-0.25, -0.2) is 9.97 Å². The Balaban J connectivity index is 1.44. The van der Waals surface area contributed by atoms with Gasteiger partial charge in [-0.05, 0) is 50.8 Å². The van der Waals surface area contributed by atoms with Crippen molar-refractivity contribution < 1.29 is 4.79 Å². The monoisotopic (exact) mass is 325 g/mol. The van der Waals surface area contributed by atoms with Crippen LogP contribution in [-0.2, 0) is 11.3 Å². The fourth-order valence-electron chi connectivity index (χ4n) is 3.89. The fourth-order valence-corrected chi connectivity index (χ4v) is 3.89. The lowest BCUT2D eigenvalue weighted by Crippen LogP contribution is -2.33. The lowest BCUT2D eigenvalue weighted by Gasteiger charge is -2.23. The molecule has 2 aliphatic rings. The lowest BCUT2D eigenvalue weighted by atomic mass is 9.92. The summed E-state index contributed by atoms with van der Waals surface area (Å²) in [5, 5.41) is 6.50. The Hall–Kier alpha value is -2.21. The van der Waals surface area contributed by atoms with Crippen molar-refractivity contribution in [1.82, 2.24) is 25.2 Å². The summed E-state index contributed by atoms with van der Waals surface area (Å²) in [4.78, 5) is 21.3. The summed E-state index contributed by atoms with van der Waals surface area (Å²) in [7, 11) is 0. The van der Waals surface area contributed by atoms with Crippen LogP contribution in [0.3, 0.4) is 0 Å². The van der Waals surface area contributed by atoms with Crippen LogP contribution in [0.4, 0.5) is 0 Å². The molecular weight excluding hydrogens is 302 g/mol. The Morgan fingerprint density at radius 3 is 2.96 bits per heavy atom. The topological polar surface area (TPSA) is 71.8 Å². The lowest BCUT2D eigenvalue weighted by molar-refractivity contribution is -0.123. The molecule has 6 nitrogen and oxygen atoms in total. The molecule has 1 amide bonds. The van der Waals surface area contributed by atoms with Gasteiger partial charge in [0.2, 0.25) is 5.91 Å². The Labute approximate surface area is 141 Å². The quantitative estimate of drug-likeness (QED) is 0.895. The van der Waals surface area contributed by atoms with Gasteiger partial charge in [0.25, 0.3) is 0 Å². The Kier molecular flexibility index (Phi) is 3.84. The van der Waals surface area contributed by atoms with Gasteiger partial charge in [0.05, 0.1) is 0 Å². The molecule has 2 aromatic heterocycles. The standard InChI is InChI=1S/C18H23N5O/c1-13-20-9-10-23(13)16-14(3-2-6-21-16)12-22-17(24)15-11-18(15)4-7-19-8-5-18/h2-3,6,9-10,15,19H,4-5,7-8,11-12H2,1H3,(H,22,24). The van der Waals surface area contributed by atoms with E-state index in [9.17, 15) is 4.79 Å². The number of nitrogens with zero attached hydrogens (tertiary/aromatic N) is 3. The molecule has 3 heterocycles. The van der Waals surface area contributed by atoms with Gasteiger partial charge >= 0.3 is 0 Å². The number of pyridine rings is 1. The normalized spacial score (nSPS) is 21.6. The van der Waals surface area contributed by atoms with Gasteiger partial charge in [-0.3, -0.25) is 9.36 Å². The van der Waals surface area contributed by atoms with Crippen molar-refractivity contribution >= 4 is 5.91 Å². The number of rotatable bonds is 4. The molecule has 126 valence electrons. The fraction of sp³-hybridized carbons (Fsp3) is 0.500. The zero-order valence-corrected chi connectivity index (χ0v) is 14.0. The first-order valence-corrected chi connectivity index (χ1v) is 8.62. The molecule has 24 heavy (non-hydrogen) atoms. The summed E-state index contributed by atoms with van der Waals surface area (Å²) in [6, 6.07) is 3.91. The molecule has 1 saturated heterocycles. The highest BCUT2D eigenvalue weighted by atomic mass is 16.2. The minimum atomic E-state index is 0.189. The molecule has 6 heteroatoms. The maximum absolute atomic E-state index is 12.5. The summed E-state index contributed by atoms with van der Waals surface area (Å²) >= 11 is 0. The van der Waals surface area contributed by atoms with Crippen molar-refractivity contribution in [3.05, 3.63) is 42.1 Å². The van der Waals surface area contributed by atoms with E-state index in [4.69, 9.17) is 0 Å². The van der Waals surface area contributed by atoms with E-state index in [2.05, 4.69) is 20.6 Å². The second-order valence-electron chi connectivity index (χ2n) is 6.92. The molecule has 2 aromatic rings. The second-order valence-corrected chi connectivity index (χ2v) is 6.92. The molecule has 1 atom stereocenters. The number of piperidine rings is 1. The van der Waals surface area contributed by atoms with Crippen LogP contribution in [0.2, 0.25) is 0 Å². The van der Waals surface area contributed by atoms with Crippen molar-refractivity contribution in [1.29, 1.82) is 0 Å². The zero-order valence-electron chi connectivity index (χ0n) is 14.0. The van der Waals surface area contributed by atoms with E-state index in [1.54, 1.807) is 12.4 Å². The predicted octanol–water partition coefficient (Wildman–Crippen LogP) is 1.58. The molecule has 2 fully saturated rings. The maximum Gasteiger partial charge on any atom is 0.223 e. The average molecular weight is 325 g/mol. The van der Waals surface area contributed by atoms with Crippen LogP contribution in [0, 0.1) is 18.3 Å². The van der Waals surface area contributed by atoms with Crippen molar-refractivity contribution in [2.75, 3.05) is 13.1 Å². The van der Waals surface area contributed by atoms with Gasteiger partial charge in [-0.15, -0.1) is 0 Å². The minimum absolute atomic E-state index is 0.189. The number of carbonyl (C=O) groups excluding carboxylic acids is 1. The van der Waals surface area contributed by atoms with Crippen LogP contribution in [0.5, 0.6) is 0 Å². The van der Waals surface area contributed by atoms with Crippen molar-refractivity contribution in [3.8, 4) is 5.82 Å². The van der Waals surface area contributed by atoms with E-state index in [-0.39, 0.29) is 17.2 Å². The third kappa shape index (κ3) is 2.71. The van der Waals surface area contributed by atoms with E-state index < -0.39 is 0 Å². The molecule has 1 saturated carbocycles. The smallest absolute Gasteiger partial charge is 0.223 e. The Morgan fingerprint density at radius 2 is 2.21 bits per heavy atom. The molecule has 1 unspecified atom stereocenters. The predicted molar refractivity (Wildman–Crippen MR) is 90.6 cm³/mol. The zero-order chi connectivity index (χ0) is 16.6. The van der Waals surface area contributed by atoms with Crippen LogP contribution in [-0.4, -0.2) is 33.5 Å². The average Bonchev–Trinajstić information content (AvgIpc) is 3.12. The highest BCUT2D eigenvalue weighted by molar-refractivity contribution is 5.82. The van der Waals surface area contributed by atoms with E-state index >= 15 is 0 Å². The minimum Gasteiger partial charge on any atom is -0.352 e. The number of aryl methyl sites for hydroxylation is 1. The maximum atomic E-state index is 12.5. The largest absolute Gasteiger partial charge is 0.352 e. The number of aromatic nitrogens is 3. The van der Waals surface area contributed by atoms with E-state index in [1.807, 2.05) is 29.8 Å². The number of hydrogen-bond donors (Lipinski definition) is 2. The highest BCUT2D eigenvalue weighted by Crippen LogP contribution is 2.58. The third-order valence-electron chi connectivity index (χ3n) is 5.48. The molecule has 1 aliphatic carbocycles. The molecular formula is C18H23N5O. The molecule has 1 aliphatic heterocycles. The molecule has 2 N–H and O–H groups in total. The Bertz CT molecular complexity index is 747. The van der Waals surface area contributed by atoms with Crippen molar-refractivity contribution in [2.45, 2.75) is 32.7 Å². The van der Waals surface area contributed by atoms with Crippen LogP contribution in [0.15, 0.2) is 30.7 Å². The highest BCUT2D eigenvalue weighted by Gasteiger charge is 2.57. The first-order chi connectivity index (χ1) is 11.7. The third-order valence-corrected chi connectivity index (χ3v) is 5.48. The second kappa shape index (κ2) is 6.02. The van der Waals surface area contributed by atoms with Gasteiger partial charge in [-0.2, -0.15) is 0 Å². The van der Waals surface area contributed by atoms with E-state index in [1.165, 1.54) is 0 Å². The number of amides is 1. The number of hydrogen-bond acceptors (Lipinski definition) is 4. The SMILES string of the molecule is Cc1nccn1-c1ncccc1CNC(=O)C1CC12CCNCC2. The van der Waals surface area contributed by atoms with Gasteiger partial charge in [0.15, 0.2) is 0 Å². The van der Waals surface area contributed by atoms with Gasteiger partial charge in [0.1, 0.15) is 11.6 Å². The van der Waals surface area contributed by atoms with Crippen molar-refractivity contribution in [3.63, 3.8) is 0 Å². The summed E-state index contributed by atoms with van der Waals surface area (Å²) in [5.74, 6) is 2.10. The van der Waals surface area contributed by atoms with Gasteiger partial charge in [-0.1, -0.05) is 6.07 Å². The van der Waals surface area contributed by atoms with E-state index in [0.29, 0.717) is 6.54 Å². The van der Waals surface area contributed by atoms with E-state index in [0.717, 1.165) is 49.6 Å². The van der Waals surface area contributed by atoms with Crippen molar-refractivity contribution in [2.24, 2.45) is 11.3 Å². The summed E-state index contributed by atoms with van der Waals surface area (Å²) in [5.41, 5.74) is 1.28. The number of imidazole rings is 1. The van der Waals surface area contributed by atoms with Gasteiger partial charge in [0, 0.05) is 36.6 Å². The van der Waals surface area contributed by atoms with Crippen LogP contribution in [0.1, 0.15) is 30.7 Å². The number of carbonyl (C=O) groups is 1. The van der Waals surface area contributed by atoms with Gasteiger partial charge < -0.3 is 10.6 Å². The summed E-state index contributed by atoms with van der Waals surface area (Å²) in [6.07, 6.45) is 8.71. The van der Waals surface area contributed by atoms with Crippen LogP contribution < -0.4 is 10.6 Å². The Morgan fingerprint density at radius 1 is 1.38 bits per heavy atom. The van der Waals surface area contributed by atoms with Crippen LogP contribution in [0.25, 0.3) is 5.82 Å². The molecule has 4 rings (SSSR count). The summed E-state index contributed by atoms with van der Waals surface area (Å²) < 4.78 is 1.95.